The first-order valence-corrected chi connectivity index (χ1v) is 7.24. The molecule has 0 fully saturated rings. The van der Waals surface area contributed by atoms with Gasteiger partial charge in [-0.2, -0.15) is 0 Å². The second-order valence-corrected chi connectivity index (χ2v) is 5.03. The summed E-state index contributed by atoms with van der Waals surface area (Å²) in [6.45, 7) is 4.90. The molecule has 20 heavy (non-hydrogen) atoms. The second kappa shape index (κ2) is 6.67. The van der Waals surface area contributed by atoms with Gasteiger partial charge in [0.05, 0.1) is 0 Å². The molecule has 2 heteroatoms. The van der Waals surface area contributed by atoms with E-state index in [1.165, 1.54) is 11.1 Å². The van der Waals surface area contributed by atoms with Gasteiger partial charge >= 0.3 is 0 Å². The van der Waals surface area contributed by atoms with Crippen LogP contribution in [0, 0.1) is 5.82 Å². The molecule has 0 aliphatic heterocycles. The topological polar surface area (TPSA) is 12.0 Å². The average molecular weight is 271 g/mol. The van der Waals surface area contributed by atoms with Gasteiger partial charge in [-0.3, -0.25) is 0 Å². The van der Waals surface area contributed by atoms with E-state index in [-0.39, 0.29) is 5.82 Å². The van der Waals surface area contributed by atoms with Gasteiger partial charge < -0.3 is 5.32 Å². The maximum Gasteiger partial charge on any atom is 0.127 e. The number of halogens is 1. The van der Waals surface area contributed by atoms with Crippen molar-refractivity contribution in [3.05, 3.63) is 58.9 Å². The number of aryl methyl sites for hydroxylation is 2. The van der Waals surface area contributed by atoms with Gasteiger partial charge in [0, 0.05) is 12.1 Å². The first-order valence-electron chi connectivity index (χ1n) is 7.24. The minimum atomic E-state index is -0.149. The van der Waals surface area contributed by atoms with Crippen LogP contribution in [-0.2, 0) is 19.4 Å². The summed E-state index contributed by atoms with van der Waals surface area (Å²) in [5, 5.41) is 3.00. The van der Waals surface area contributed by atoms with E-state index in [9.17, 15) is 4.39 Å². The summed E-state index contributed by atoms with van der Waals surface area (Å²) in [7, 11) is 1.83. The molecular formula is C18H22FN. The number of rotatable bonds is 5. The minimum absolute atomic E-state index is 0.149. The first kappa shape index (κ1) is 14.7. The Morgan fingerprint density at radius 2 is 1.45 bits per heavy atom. The summed E-state index contributed by atoms with van der Waals surface area (Å²) in [4.78, 5) is 0. The van der Waals surface area contributed by atoms with Crippen molar-refractivity contribution in [2.75, 3.05) is 7.05 Å². The van der Waals surface area contributed by atoms with E-state index < -0.39 is 0 Å². The lowest BCUT2D eigenvalue weighted by atomic mass is 9.95. The Labute approximate surface area is 120 Å². The van der Waals surface area contributed by atoms with Gasteiger partial charge in [-0.05, 0) is 54.3 Å². The van der Waals surface area contributed by atoms with Crippen LogP contribution in [0.15, 0.2) is 36.4 Å². The van der Waals surface area contributed by atoms with Gasteiger partial charge in [0.1, 0.15) is 5.82 Å². The highest BCUT2D eigenvalue weighted by atomic mass is 19.1. The van der Waals surface area contributed by atoms with Crippen molar-refractivity contribution >= 4 is 0 Å². The lowest BCUT2D eigenvalue weighted by molar-refractivity contribution is 0.601. The third kappa shape index (κ3) is 3.07. The zero-order chi connectivity index (χ0) is 14.5. The van der Waals surface area contributed by atoms with Crippen molar-refractivity contribution in [1.82, 2.24) is 5.32 Å². The molecule has 0 amide bonds. The Hall–Kier alpha value is -1.67. The molecule has 0 spiro atoms. The zero-order valence-corrected chi connectivity index (χ0v) is 12.5. The van der Waals surface area contributed by atoms with Crippen LogP contribution in [0.2, 0.25) is 0 Å². The summed E-state index contributed by atoms with van der Waals surface area (Å²) < 4.78 is 13.7. The largest absolute Gasteiger partial charge is 0.316 e. The van der Waals surface area contributed by atoms with Crippen molar-refractivity contribution in [2.45, 2.75) is 33.2 Å². The van der Waals surface area contributed by atoms with Crippen molar-refractivity contribution in [1.29, 1.82) is 0 Å². The number of hydrogen-bond acceptors (Lipinski definition) is 1. The fourth-order valence-corrected chi connectivity index (χ4v) is 2.56. The molecule has 0 saturated carbocycles. The van der Waals surface area contributed by atoms with Crippen LogP contribution < -0.4 is 5.32 Å². The smallest absolute Gasteiger partial charge is 0.127 e. The lowest BCUT2D eigenvalue weighted by Gasteiger charge is -2.11. The van der Waals surface area contributed by atoms with Gasteiger partial charge in [0.25, 0.3) is 0 Å². The van der Waals surface area contributed by atoms with Gasteiger partial charge in [-0.15, -0.1) is 0 Å². The summed E-state index contributed by atoms with van der Waals surface area (Å²) in [5.41, 5.74) is 5.73. The van der Waals surface area contributed by atoms with E-state index in [1.54, 1.807) is 6.07 Å². The highest BCUT2D eigenvalue weighted by Gasteiger charge is 2.07. The van der Waals surface area contributed by atoms with Crippen LogP contribution >= 0.6 is 0 Å². The predicted molar refractivity (Wildman–Crippen MR) is 83.4 cm³/mol. The van der Waals surface area contributed by atoms with Gasteiger partial charge in [0.15, 0.2) is 0 Å². The molecule has 1 N–H and O–H groups in total. The average Bonchev–Trinajstić information content (AvgIpc) is 2.49. The standard InChI is InChI=1S/C18H22FN/c1-4-13-6-7-15(10-14(13)5-2)16-8-9-18(19)17(11-16)12-20-3/h6-11,20H,4-5,12H2,1-3H3. The Balaban J connectivity index is 2.43. The highest BCUT2D eigenvalue weighted by molar-refractivity contribution is 5.66. The quantitative estimate of drug-likeness (QED) is 0.853. The van der Waals surface area contributed by atoms with Crippen molar-refractivity contribution < 1.29 is 4.39 Å². The maximum atomic E-state index is 13.7. The molecule has 0 unspecified atom stereocenters. The van der Waals surface area contributed by atoms with Crippen LogP contribution in [0.3, 0.4) is 0 Å². The van der Waals surface area contributed by atoms with E-state index in [1.807, 2.05) is 19.2 Å². The van der Waals surface area contributed by atoms with E-state index in [0.717, 1.165) is 24.0 Å². The molecule has 0 atom stereocenters. The molecule has 0 aliphatic carbocycles. The molecule has 0 radical (unpaired) electrons. The molecule has 1 nitrogen and oxygen atoms in total. The van der Waals surface area contributed by atoms with Crippen molar-refractivity contribution in [2.24, 2.45) is 0 Å². The molecule has 2 aromatic rings. The molecule has 2 aromatic carbocycles. The maximum absolute atomic E-state index is 13.7. The number of nitrogens with one attached hydrogen (secondary N) is 1. The minimum Gasteiger partial charge on any atom is -0.316 e. The van der Waals surface area contributed by atoms with E-state index >= 15 is 0 Å². The van der Waals surface area contributed by atoms with Crippen LogP contribution in [-0.4, -0.2) is 7.05 Å². The van der Waals surface area contributed by atoms with E-state index in [4.69, 9.17) is 0 Å². The third-order valence-electron chi connectivity index (χ3n) is 3.71. The summed E-state index contributed by atoms with van der Waals surface area (Å²) in [6.07, 6.45) is 2.08. The number of benzene rings is 2. The molecule has 2 rings (SSSR count). The molecule has 0 aromatic heterocycles. The Bertz CT molecular complexity index is 590. The molecule has 0 bridgehead atoms. The van der Waals surface area contributed by atoms with Crippen LogP contribution in [0.5, 0.6) is 0 Å². The Morgan fingerprint density at radius 1 is 0.850 bits per heavy atom. The van der Waals surface area contributed by atoms with Gasteiger partial charge in [-0.25, -0.2) is 4.39 Å². The second-order valence-electron chi connectivity index (χ2n) is 5.03. The predicted octanol–water partition coefficient (Wildman–Crippen LogP) is 4.34. The summed E-state index contributed by atoms with van der Waals surface area (Å²) in [6, 6.07) is 11.9. The van der Waals surface area contributed by atoms with Gasteiger partial charge in [0.2, 0.25) is 0 Å². The molecule has 106 valence electrons. The van der Waals surface area contributed by atoms with Gasteiger partial charge in [-0.1, -0.05) is 38.1 Å². The summed E-state index contributed by atoms with van der Waals surface area (Å²) >= 11 is 0. The van der Waals surface area contributed by atoms with Crippen molar-refractivity contribution in [3.8, 4) is 11.1 Å². The Morgan fingerprint density at radius 3 is 2.05 bits per heavy atom. The lowest BCUT2D eigenvalue weighted by Crippen LogP contribution is -2.07. The Kier molecular flexibility index (Phi) is 4.91. The zero-order valence-electron chi connectivity index (χ0n) is 12.5. The summed E-state index contributed by atoms with van der Waals surface area (Å²) in [5.74, 6) is -0.149. The molecule has 0 aliphatic rings. The third-order valence-corrected chi connectivity index (χ3v) is 3.71. The molecular weight excluding hydrogens is 249 g/mol. The monoisotopic (exact) mass is 271 g/mol. The molecule has 0 saturated heterocycles. The van der Waals surface area contributed by atoms with Crippen LogP contribution in [0.25, 0.3) is 11.1 Å². The normalized spacial score (nSPS) is 10.8. The van der Waals surface area contributed by atoms with Crippen LogP contribution in [0.1, 0.15) is 30.5 Å². The SMILES string of the molecule is CCc1ccc(-c2ccc(F)c(CNC)c2)cc1CC. The first-order chi connectivity index (χ1) is 9.69. The number of hydrogen-bond donors (Lipinski definition) is 1. The van der Waals surface area contributed by atoms with E-state index in [2.05, 4.69) is 37.4 Å². The fraction of sp³-hybridized carbons (Fsp3) is 0.333. The van der Waals surface area contributed by atoms with Crippen LogP contribution in [0.4, 0.5) is 4.39 Å². The van der Waals surface area contributed by atoms with E-state index in [0.29, 0.717) is 12.1 Å². The molecule has 0 heterocycles. The highest BCUT2D eigenvalue weighted by Crippen LogP contribution is 2.25. The van der Waals surface area contributed by atoms with Crippen molar-refractivity contribution in [3.63, 3.8) is 0 Å². The fourth-order valence-electron chi connectivity index (χ4n) is 2.56.